The SMILES string of the molecule is CC(NC(=O)NCC(C)(C)N1CCOCC1)c1cccc(Cl)c1. The van der Waals surface area contributed by atoms with Crippen molar-refractivity contribution in [3.63, 3.8) is 0 Å². The third kappa shape index (κ3) is 5.37. The van der Waals surface area contributed by atoms with Crippen LogP contribution in [0.15, 0.2) is 24.3 Å². The standard InChI is InChI=1S/C17H26ClN3O2/c1-13(14-5-4-6-15(18)11-14)20-16(22)19-12-17(2,3)21-7-9-23-10-8-21/h4-6,11,13H,7-10,12H2,1-3H3,(H2,19,20,22). The fourth-order valence-corrected chi connectivity index (χ4v) is 2.88. The molecule has 1 saturated heterocycles. The number of amides is 2. The summed E-state index contributed by atoms with van der Waals surface area (Å²) in [6, 6.07) is 7.26. The van der Waals surface area contributed by atoms with Crippen LogP contribution in [0.2, 0.25) is 5.02 Å². The summed E-state index contributed by atoms with van der Waals surface area (Å²) in [7, 11) is 0. The van der Waals surface area contributed by atoms with Gasteiger partial charge in [0.15, 0.2) is 0 Å². The van der Waals surface area contributed by atoms with Crippen molar-refractivity contribution in [2.75, 3.05) is 32.8 Å². The molecule has 1 aliphatic heterocycles. The highest BCUT2D eigenvalue weighted by molar-refractivity contribution is 6.30. The lowest BCUT2D eigenvalue weighted by Gasteiger charge is -2.40. The van der Waals surface area contributed by atoms with Crippen molar-refractivity contribution >= 4 is 17.6 Å². The molecule has 1 aromatic rings. The second-order valence-electron chi connectivity index (χ2n) is 6.52. The van der Waals surface area contributed by atoms with Crippen molar-refractivity contribution in [1.82, 2.24) is 15.5 Å². The normalized spacial score (nSPS) is 17.6. The molecule has 1 unspecified atom stereocenters. The predicted molar refractivity (Wildman–Crippen MR) is 92.9 cm³/mol. The molecule has 0 aromatic heterocycles. The van der Waals surface area contributed by atoms with Crippen LogP contribution in [0.3, 0.4) is 0 Å². The van der Waals surface area contributed by atoms with Crippen molar-refractivity contribution in [3.05, 3.63) is 34.9 Å². The first kappa shape index (κ1) is 18.0. The van der Waals surface area contributed by atoms with Gasteiger partial charge in [0.05, 0.1) is 19.3 Å². The van der Waals surface area contributed by atoms with E-state index in [9.17, 15) is 4.79 Å². The number of carbonyl (C=O) groups excluding carboxylic acids is 1. The summed E-state index contributed by atoms with van der Waals surface area (Å²) in [6.07, 6.45) is 0. The van der Waals surface area contributed by atoms with E-state index in [1.54, 1.807) is 0 Å². The van der Waals surface area contributed by atoms with Crippen LogP contribution in [0.4, 0.5) is 4.79 Å². The number of nitrogens with one attached hydrogen (secondary N) is 2. The van der Waals surface area contributed by atoms with E-state index < -0.39 is 0 Å². The Bertz CT molecular complexity index is 530. The molecule has 128 valence electrons. The van der Waals surface area contributed by atoms with Gasteiger partial charge in [-0.25, -0.2) is 4.79 Å². The molecule has 1 aromatic carbocycles. The maximum absolute atomic E-state index is 12.1. The van der Waals surface area contributed by atoms with E-state index in [1.807, 2.05) is 31.2 Å². The molecule has 2 amide bonds. The van der Waals surface area contributed by atoms with Crippen LogP contribution in [0.25, 0.3) is 0 Å². The highest BCUT2D eigenvalue weighted by Crippen LogP contribution is 2.18. The van der Waals surface area contributed by atoms with Crippen molar-refractivity contribution in [2.24, 2.45) is 0 Å². The molecule has 6 heteroatoms. The van der Waals surface area contributed by atoms with E-state index in [0.717, 1.165) is 31.9 Å². The summed E-state index contributed by atoms with van der Waals surface area (Å²) in [4.78, 5) is 14.5. The van der Waals surface area contributed by atoms with Gasteiger partial charge in [-0.05, 0) is 38.5 Å². The molecule has 0 spiro atoms. The lowest BCUT2D eigenvalue weighted by atomic mass is 10.0. The van der Waals surface area contributed by atoms with E-state index in [4.69, 9.17) is 16.3 Å². The van der Waals surface area contributed by atoms with Gasteiger partial charge in [-0.1, -0.05) is 23.7 Å². The Balaban J connectivity index is 1.82. The Hall–Kier alpha value is -1.30. The van der Waals surface area contributed by atoms with Gasteiger partial charge in [-0.15, -0.1) is 0 Å². The van der Waals surface area contributed by atoms with Crippen LogP contribution in [-0.4, -0.2) is 49.3 Å². The number of hydrogen-bond acceptors (Lipinski definition) is 3. The maximum Gasteiger partial charge on any atom is 0.315 e. The summed E-state index contributed by atoms with van der Waals surface area (Å²) >= 11 is 5.99. The average Bonchev–Trinajstić information content (AvgIpc) is 2.54. The molecule has 1 heterocycles. The zero-order valence-electron chi connectivity index (χ0n) is 14.1. The topological polar surface area (TPSA) is 53.6 Å². The molecule has 23 heavy (non-hydrogen) atoms. The van der Waals surface area contributed by atoms with Gasteiger partial charge >= 0.3 is 6.03 Å². The third-order valence-electron chi connectivity index (χ3n) is 4.24. The molecule has 0 bridgehead atoms. The minimum Gasteiger partial charge on any atom is -0.379 e. The van der Waals surface area contributed by atoms with Crippen LogP contribution < -0.4 is 10.6 Å². The van der Waals surface area contributed by atoms with Crippen LogP contribution in [0, 0.1) is 0 Å². The van der Waals surface area contributed by atoms with Crippen LogP contribution in [0.5, 0.6) is 0 Å². The number of rotatable bonds is 5. The first-order valence-electron chi connectivity index (χ1n) is 8.01. The Morgan fingerprint density at radius 2 is 2.09 bits per heavy atom. The fraction of sp³-hybridized carbons (Fsp3) is 0.588. The van der Waals surface area contributed by atoms with Gasteiger partial charge in [0, 0.05) is 30.2 Å². The fourth-order valence-electron chi connectivity index (χ4n) is 2.68. The molecule has 2 rings (SSSR count). The molecular formula is C17H26ClN3O2. The predicted octanol–water partition coefficient (Wildman–Crippen LogP) is 2.81. The number of hydrogen-bond donors (Lipinski definition) is 2. The van der Waals surface area contributed by atoms with Crippen LogP contribution >= 0.6 is 11.6 Å². The second kappa shape index (κ2) is 7.99. The Labute approximate surface area is 143 Å². The first-order valence-corrected chi connectivity index (χ1v) is 8.39. The zero-order chi connectivity index (χ0) is 16.9. The van der Waals surface area contributed by atoms with Crippen LogP contribution in [-0.2, 0) is 4.74 Å². The minimum absolute atomic E-state index is 0.0968. The molecule has 1 aliphatic rings. The molecular weight excluding hydrogens is 314 g/mol. The summed E-state index contributed by atoms with van der Waals surface area (Å²) in [5.74, 6) is 0. The lowest BCUT2D eigenvalue weighted by molar-refractivity contribution is -0.00876. The number of ether oxygens (including phenoxy) is 1. The Morgan fingerprint density at radius 1 is 1.39 bits per heavy atom. The summed E-state index contributed by atoms with van der Waals surface area (Å²) in [6.45, 7) is 10.1. The van der Waals surface area contributed by atoms with Gasteiger partial charge in [-0.3, -0.25) is 4.90 Å². The molecule has 2 N–H and O–H groups in total. The number of urea groups is 1. The zero-order valence-corrected chi connectivity index (χ0v) is 14.8. The number of nitrogens with zero attached hydrogens (tertiary/aromatic N) is 1. The largest absolute Gasteiger partial charge is 0.379 e. The molecule has 0 radical (unpaired) electrons. The summed E-state index contributed by atoms with van der Waals surface area (Å²) in [5.41, 5.74) is 0.889. The van der Waals surface area contributed by atoms with Crippen molar-refractivity contribution in [2.45, 2.75) is 32.4 Å². The van der Waals surface area contributed by atoms with Crippen molar-refractivity contribution < 1.29 is 9.53 Å². The molecule has 5 nitrogen and oxygen atoms in total. The lowest BCUT2D eigenvalue weighted by Crippen LogP contribution is -2.56. The van der Waals surface area contributed by atoms with Crippen molar-refractivity contribution in [1.29, 1.82) is 0 Å². The minimum atomic E-state index is -0.168. The monoisotopic (exact) mass is 339 g/mol. The van der Waals surface area contributed by atoms with E-state index >= 15 is 0 Å². The van der Waals surface area contributed by atoms with E-state index in [0.29, 0.717) is 11.6 Å². The van der Waals surface area contributed by atoms with Crippen molar-refractivity contribution in [3.8, 4) is 0 Å². The smallest absolute Gasteiger partial charge is 0.315 e. The molecule has 1 fully saturated rings. The van der Waals surface area contributed by atoms with Gasteiger partial charge < -0.3 is 15.4 Å². The second-order valence-corrected chi connectivity index (χ2v) is 6.95. The van der Waals surface area contributed by atoms with Crippen LogP contribution in [0.1, 0.15) is 32.4 Å². The number of halogens is 1. The highest BCUT2D eigenvalue weighted by atomic mass is 35.5. The van der Waals surface area contributed by atoms with Gasteiger partial charge in [0.1, 0.15) is 0 Å². The molecule has 0 aliphatic carbocycles. The summed E-state index contributed by atoms with van der Waals surface area (Å²) in [5, 5.41) is 6.59. The highest BCUT2D eigenvalue weighted by Gasteiger charge is 2.28. The maximum atomic E-state index is 12.1. The molecule has 0 saturated carbocycles. The Kier molecular flexibility index (Phi) is 6.27. The van der Waals surface area contributed by atoms with Gasteiger partial charge in [-0.2, -0.15) is 0 Å². The molecule has 1 atom stereocenters. The van der Waals surface area contributed by atoms with Gasteiger partial charge in [0.25, 0.3) is 0 Å². The van der Waals surface area contributed by atoms with E-state index in [1.165, 1.54) is 0 Å². The third-order valence-corrected chi connectivity index (χ3v) is 4.48. The quantitative estimate of drug-likeness (QED) is 0.867. The van der Waals surface area contributed by atoms with Gasteiger partial charge in [0.2, 0.25) is 0 Å². The number of benzene rings is 1. The first-order chi connectivity index (χ1) is 10.9. The number of carbonyl (C=O) groups is 1. The van der Waals surface area contributed by atoms with E-state index in [2.05, 4.69) is 29.4 Å². The summed E-state index contributed by atoms with van der Waals surface area (Å²) < 4.78 is 5.38. The Morgan fingerprint density at radius 3 is 2.74 bits per heavy atom. The number of morpholine rings is 1. The average molecular weight is 340 g/mol. The van der Waals surface area contributed by atoms with E-state index in [-0.39, 0.29) is 17.6 Å².